The first-order valence-electron chi connectivity index (χ1n) is 9.43. The molecule has 1 amide bonds. The standard InChI is InChI=1S/C24H25NO/c1-15(2)18-8-5-9-19(12-18)22-14-23(22)24(26)25-20-11-10-17-7-4-6-16(3)21(17)13-20/h4-13,15,22-23H,14H2,1-3H3,(H,25,26)/t22-,23+/m0/s1. The fourth-order valence-corrected chi connectivity index (χ4v) is 3.74. The Kier molecular flexibility index (Phi) is 4.28. The molecule has 1 aliphatic carbocycles. The molecule has 3 aromatic carbocycles. The molecule has 2 nitrogen and oxygen atoms in total. The fourth-order valence-electron chi connectivity index (χ4n) is 3.74. The van der Waals surface area contributed by atoms with E-state index in [0.29, 0.717) is 11.8 Å². The van der Waals surface area contributed by atoms with Crippen LogP contribution < -0.4 is 5.32 Å². The lowest BCUT2D eigenvalue weighted by molar-refractivity contribution is -0.117. The highest BCUT2D eigenvalue weighted by molar-refractivity contribution is 5.98. The molecule has 2 heteroatoms. The lowest BCUT2D eigenvalue weighted by Gasteiger charge is -2.09. The molecule has 26 heavy (non-hydrogen) atoms. The zero-order valence-corrected chi connectivity index (χ0v) is 15.6. The number of carbonyl (C=O) groups excluding carboxylic acids is 1. The molecule has 0 aromatic heterocycles. The molecule has 2 atom stereocenters. The minimum atomic E-state index is 0.0879. The van der Waals surface area contributed by atoms with E-state index in [2.05, 4.69) is 80.7 Å². The first kappa shape index (κ1) is 16.8. The van der Waals surface area contributed by atoms with Crippen molar-refractivity contribution in [3.05, 3.63) is 77.4 Å². The van der Waals surface area contributed by atoms with Crippen LogP contribution in [0.3, 0.4) is 0 Å². The predicted molar refractivity (Wildman–Crippen MR) is 109 cm³/mol. The zero-order valence-electron chi connectivity index (χ0n) is 15.6. The summed E-state index contributed by atoms with van der Waals surface area (Å²) in [6.45, 7) is 6.52. The van der Waals surface area contributed by atoms with Crippen LogP contribution >= 0.6 is 0 Å². The molecule has 4 rings (SSSR count). The Hall–Kier alpha value is -2.61. The van der Waals surface area contributed by atoms with Crippen molar-refractivity contribution in [3.8, 4) is 0 Å². The number of carbonyl (C=O) groups is 1. The highest BCUT2D eigenvalue weighted by Gasteiger charge is 2.44. The molecule has 0 heterocycles. The smallest absolute Gasteiger partial charge is 0.228 e. The summed E-state index contributed by atoms with van der Waals surface area (Å²) in [7, 11) is 0. The van der Waals surface area contributed by atoms with E-state index in [4.69, 9.17) is 0 Å². The molecule has 0 saturated heterocycles. The number of aryl methyl sites for hydroxylation is 1. The molecule has 1 aliphatic rings. The van der Waals surface area contributed by atoms with E-state index in [0.717, 1.165) is 12.1 Å². The van der Waals surface area contributed by atoms with Crippen LogP contribution in [0.2, 0.25) is 0 Å². The second-order valence-electron chi connectivity index (χ2n) is 7.77. The minimum Gasteiger partial charge on any atom is -0.326 e. The Balaban J connectivity index is 1.48. The molecular formula is C24H25NO. The molecule has 132 valence electrons. The van der Waals surface area contributed by atoms with E-state index in [-0.39, 0.29) is 11.8 Å². The average Bonchev–Trinajstić information content (AvgIpc) is 3.43. The molecular weight excluding hydrogens is 318 g/mol. The maximum atomic E-state index is 12.7. The van der Waals surface area contributed by atoms with Crippen molar-refractivity contribution in [1.29, 1.82) is 0 Å². The first-order chi connectivity index (χ1) is 12.5. The van der Waals surface area contributed by atoms with Crippen molar-refractivity contribution in [3.63, 3.8) is 0 Å². The van der Waals surface area contributed by atoms with Gasteiger partial charge in [-0.05, 0) is 64.8 Å². The number of fused-ring (bicyclic) bond motifs is 1. The molecule has 0 spiro atoms. The quantitative estimate of drug-likeness (QED) is 0.617. The molecule has 1 fully saturated rings. The number of benzene rings is 3. The molecule has 0 aliphatic heterocycles. The molecule has 1 N–H and O–H groups in total. The highest BCUT2D eigenvalue weighted by atomic mass is 16.2. The normalized spacial score (nSPS) is 18.9. The van der Waals surface area contributed by atoms with Gasteiger partial charge < -0.3 is 5.32 Å². The van der Waals surface area contributed by atoms with Crippen molar-refractivity contribution in [2.75, 3.05) is 5.32 Å². The fraction of sp³-hybridized carbons (Fsp3) is 0.292. The Morgan fingerprint density at radius 2 is 1.85 bits per heavy atom. The summed E-state index contributed by atoms with van der Waals surface area (Å²) in [5.74, 6) is 1.10. The molecule has 1 saturated carbocycles. The molecule has 3 aromatic rings. The van der Waals surface area contributed by atoms with Gasteiger partial charge in [0.1, 0.15) is 0 Å². The Morgan fingerprint density at radius 3 is 2.65 bits per heavy atom. The number of nitrogens with one attached hydrogen (secondary N) is 1. The molecule has 0 radical (unpaired) electrons. The topological polar surface area (TPSA) is 29.1 Å². The van der Waals surface area contributed by atoms with Gasteiger partial charge in [-0.1, -0.05) is 62.4 Å². The van der Waals surface area contributed by atoms with E-state index in [1.54, 1.807) is 0 Å². The maximum absolute atomic E-state index is 12.7. The number of rotatable bonds is 4. The lowest BCUT2D eigenvalue weighted by Crippen LogP contribution is -2.14. The van der Waals surface area contributed by atoms with E-state index in [1.807, 2.05) is 6.07 Å². The van der Waals surface area contributed by atoms with Gasteiger partial charge in [-0.3, -0.25) is 4.79 Å². The van der Waals surface area contributed by atoms with Gasteiger partial charge in [0.05, 0.1) is 0 Å². The number of anilines is 1. The number of amides is 1. The van der Waals surface area contributed by atoms with E-state index in [1.165, 1.54) is 27.5 Å². The van der Waals surface area contributed by atoms with Crippen molar-refractivity contribution >= 4 is 22.4 Å². The Bertz CT molecular complexity index is 973. The summed E-state index contributed by atoms with van der Waals surface area (Å²) in [4.78, 5) is 12.7. The van der Waals surface area contributed by atoms with Crippen molar-refractivity contribution in [2.45, 2.75) is 39.0 Å². The Labute approximate surface area is 155 Å². The van der Waals surface area contributed by atoms with Crippen LogP contribution in [0.5, 0.6) is 0 Å². The van der Waals surface area contributed by atoms with Crippen LogP contribution in [0.4, 0.5) is 5.69 Å². The summed E-state index contributed by atoms with van der Waals surface area (Å²) in [5.41, 5.74) is 4.76. The number of hydrogen-bond acceptors (Lipinski definition) is 1. The average molecular weight is 343 g/mol. The SMILES string of the molecule is Cc1cccc2ccc(NC(=O)[C@@H]3C[C@H]3c3cccc(C(C)C)c3)cc12. The monoisotopic (exact) mass is 343 g/mol. The number of hydrogen-bond donors (Lipinski definition) is 1. The Morgan fingerprint density at radius 1 is 1.04 bits per heavy atom. The van der Waals surface area contributed by atoms with Gasteiger partial charge in [-0.25, -0.2) is 0 Å². The van der Waals surface area contributed by atoms with Gasteiger partial charge in [0.2, 0.25) is 5.91 Å². The van der Waals surface area contributed by atoms with Gasteiger partial charge in [-0.2, -0.15) is 0 Å². The van der Waals surface area contributed by atoms with Crippen molar-refractivity contribution in [2.24, 2.45) is 5.92 Å². The van der Waals surface area contributed by atoms with Crippen LogP contribution in [0.1, 0.15) is 48.8 Å². The molecule has 0 unspecified atom stereocenters. The lowest BCUT2D eigenvalue weighted by atomic mass is 9.98. The summed E-state index contributed by atoms with van der Waals surface area (Å²) in [5, 5.41) is 5.52. The van der Waals surface area contributed by atoms with Gasteiger partial charge in [-0.15, -0.1) is 0 Å². The summed E-state index contributed by atoms with van der Waals surface area (Å²) < 4.78 is 0. The van der Waals surface area contributed by atoms with Crippen LogP contribution in [0, 0.1) is 12.8 Å². The zero-order chi connectivity index (χ0) is 18.3. The predicted octanol–water partition coefficient (Wildman–Crippen LogP) is 6.01. The van der Waals surface area contributed by atoms with Crippen molar-refractivity contribution in [1.82, 2.24) is 0 Å². The van der Waals surface area contributed by atoms with Gasteiger partial charge >= 0.3 is 0 Å². The van der Waals surface area contributed by atoms with Crippen LogP contribution in [0.25, 0.3) is 10.8 Å². The molecule has 0 bridgehead atoms. The second kappa shape index (κ2) is 6.60. The van der Waals surface area contributed by atoms with Gasteiger partial charge in [0, 0.05) is 11.6 Å². The minimum absolute atomic E-state index is 0.0879. The summed E-state index contributed by atoms with van der Waals surface area (Å²) in [6, 6.07) is 21.1. The van der Waals surface area contributed by atoms with Crippen LogP contribution in [0.15, 0.2) is 60.7 Å². The van der Waals surface area contributed by atoms with Gasteiger partial charge in [0.25, 0.3) is 0 Å². The van der Waals surface area contributed by atoms with Crippen LogP contribution in [-0.2, 0) is 4.79 Å². The van der Waals surface area contributed by atoms with E-state index >= 15 is 0 Å². The summed E-state index contributed by atoms with van der Waals surface area (Å²) >= 11 is 0. The first-order valence-corrected chi connectivity index (χ1v) is 9.43. The third-order valence-electron chi connectivity index (χ3n) is 5.50. The van der Waals surface area contributed by atoms with Crippen LogP contribution in [-0.4, -0.2) is 5.91 Å². The largest absolute Gasteiger partial charge is 0.326 e. The second-order valence-corrected chi connectivity index (χ2v) is 7.77. The third-order valence-corrected chi connectivity index (χ3v) is 5.50. The van der Waals surface area contributed by atoms with Crippen molar-refractivity contribution < 1.29 is 4.79 Å². The van der Waals surface area contributed by atoms with Gasteiger partial charge in [0.15, 0.2) is 0 Å². The summed E-state index contributed by atoms with van der Waals surface area (Å²) in [6.07, 6.45) is 0.944. The van der Waals surface area contributed by atoms with E-state index < -0.39 is 0 Å². The highest BCUT2D eigenvalue weighted by Crippen LogP contribution is 2.48. The maximum Gasteiger partial charge on any atom is 0.228 e. The third kappa shape index (κ3) is 3.24. The van der Waals surface area contributed by atoms with E-state index in [9.17, 15) is 4.79 Å².